The highest BCUT2D eigenvalue weighted by Crippen LogP contribution is 2.27. The van der Waals surface area contributed by atoms with Crippen LogP contribution in [0.2, 0.25) is 0 Å². The van der Waals surface area contributed by atoms with E-state index in [4.69, 9.17) is 4.98 Å². The fraction of sp³-hybridized carbons (Fsp3) is 0.320. The number of nitrogens with zero attached hydrogens (tertiary/aromatic N) is 4. The lowest BCUT2D eigenvalue weighted by atomic mass is 10.1. The van der Waals surface area contributed by atoms with Gasteiger partial charge < -0.3 is 10.4 Å². The monoisotopic (exact) mass is 435 g/mol. The van der Waals surface area contributed by atoms with Crippen molar-refractivity contribution in [2.24, 2.45) is 0 Å². The van der Waals surface area contributed by atoms with Gasteiger partial charge in [0.25, 0.3) is 0 Å². The number of phenols is 1. The third-order valence-corrected chi connectivity index (χ3v) is 4.99. The van der Waals surface area contributed by atoms with E-state index in [1.54, 1.807) is 22.8 Å². The Morgan fingerprint density at radius 2 is 1.75 bits per heavy atom. The quantitative estimate of drug-likeness (QED) is 0.399. The SMILES string of the molecule is CC.CC(Cc1ccc(O)cc1)Nc1cc(-c2cncc(F)c2)nc2c(C(C)C)cnn12. The summed E-state index contributed by atoms with van der Waals surface area (Å²) >= 11 is 0. The van der Waals surface area contributed by atoms with Crippen LogP contribution in [-0.2, 0) is 6.42 Å². The van der Waals surface area contributed by atoms with Crippen molar-refractivity contribution >= 4 is 11.5 Å². The van der Waals surface area contributed by atoms with E-state index in [0.29, 0.717) is 11.3 Å². The molecule has 0 bridgehead atoms. The maximum absolute atomic E-state index is 13.8. The topological polar surface area (TPSA) is 75.3 Å². The van der Waals surface area contributed by atoms with Crippen molar-refractivity contribution in [1.29, 1.82) is 0 Å². The van der Waals surface area contributed by atoms with Crippen molar-refractivity contribution < 1.29 is 9.50 Å². The Hall–Kier alpha value is -3.48. The largest absolute Gasteiger partial charge is 0.508 e. The standard InChI is InChI=1S/C23H24FN5O.C2H6/c1-14(2)20-13-26-29-22(27-15(3)8-16-4-6-19(30)7-5-16)10-21(28-23(20)29)17-9-18(24)12-25-11-17;1-2/h4-7,9-15,27,30H,8H2,1-3H3;1-2H3. The second-order valence-corrected chi connectivity index (χ2v) is 7.82. The van der Waals surface area contributed by atoms with Gasteiger partial charge in [-0.15, -0.1) is 0 Å². The van der Waals surface area contributed by atoms with Crippen LogP contribution < -0.4 is 5.32 Å². The summed E-state index contributed by atoms with van der Waals surface area (Å²) in [6, 6.07) is 10.6. The van der Waals surface area contributed by atoms with Crippen molar-refractivity contribution in [3.8, 4) is 17.0 Å². The van der Waals surface area contributed by atoms with Gasteiger partial charge in [0.1, 0.15) is 17.4 Å². The second-order valence-electron chi connectivity index (χ2n) is 7.82. The average Bonchev–Trinajstić information content (AvgIpc) is 3.21. The number of fused-ring (bicyclic) bond motifs is 1. The third kappa shape index (κ3) is 5.22. The second kappa shape index (κ2) is 10.2. The summed E-state index contributed by atoms with van der Waals surface area (Å²) in [5.74, 6) is 0.874. The zero-order valence-corrected chi connectivity index (χ0v) is 19.2. The number of anilines is 1. The number of nitrogens with one attached hydrogen (secondary N) is 1. The Kier molecular flexibility index (Phi) is 7.41. The van der Waals surface area contributed by atoms with Crippen LogP contribution in [0.4, 0.5) is 10.2 Å². The van der Waals surface area contributed by atoms with Crippen LogP contribution in [0.15, 0.2) is 55.0 Å². The fourth-order valence-electron chi connectivity index (χ4n) is 3.48. The normalized spacial score (nSPS) is 11.8. The molecule has 0 spiro atoms. The Bertz CT molecular complexity index is 1170. The number of hydrogen-bond acceptors (Lipinski definition) is 5. The number of hydrogen-bond donors (Lipinski definition) is 2. The Morgan fingerprint density at radius 1 is 1.03 bits per heavy atom. The van der Waals surface area contributed by atoms with Crippen LogP contribution in [0.3, 0.4) is 0 Å². The molecule has 4 aromatic rings. The van der Waals surface area contributed by atoms with Gasteiger partial charge in [-0.05, 0) is 43.0 Å². The van der Waals surface area contributed by atoms with Gasteiger partial charge in [-0.1, -0.05) is 39.8 Å². The van der Waals surface area contributed by atoms with Gasteiger partial charge in [-0.3, -0.25) is 4.98 Å². The summed E-state index contributed by atoms with van der Waals surface area (Å²) < 4.78 is 15.5. The van der Waals surface area contributed by atoms with E-state index in [2.05, 4.69) is 36.2 Å². The Morgan fingerprint density at radius 3 is 2.41 bits per heavy atom. The molecule has 168 valence electrons. The van der Waals surface area contributed by atoms with Crippen molar-refractivity contribution in [2.45, 2.75) is 53.0 Å². The molecule has 3 aromatic heterocycles. The van der Waals surface area contributed by atoms with Gasteiger partial charge in [0, 0.05) is 29.4 Å². The lowest BCUT2D eigenvalue weighted by molar-refractivity contribution is 0.475. The maximum atomic E-state index is 13.8. The molecule has 7 heteroatoms. The van der Waals surface area contributed by atoms with E-state index in [0.717, 1.165) is 29.0 Å². The van der Waals surface area contributed by atoms with Crippen LogP contribution in [0.25, 0.3) is 16.9 Å². The smallest absolute Gasteiger partial charge is 0.161 e. The maximum Gasteiger partial charge on any atom is 0.161 e. The number of halogens is 1. The van der Waals surface area contributed by atoms with Crippen molar-refractivity contribution in [1.82, 2.24) is 19.6 Å². The highest BCUT2D eigenvalue weighted by molar-refractivity contribution is 5.67. The Balaban J connectivity index is 0.00000141. The fourth-order valence-corrected chi connectivity index (χ4v) is 3.48. The highest BCUT2D eigenvalue weighted by Gasteiger charge is 2.16. The molecule has 0 saturated carbocycles. The first-order chi connectivity index (χ1) is 15.4. The molecule has 1 unspecified atom stereocenters. The minimum Gasteiger partial charge on any atom is -0.508 e. The van der Waals surface area contributed by atoms with E-state index in [1.165, 1.54) is 12.3 Å². The molecule has 4 rings (SSSR count). The van der Waals surface area contributed by atoms with Gasteiger partial charge in [-0.2, -0.15) is 9.61 Å². The van der Waals surface area contributed by atoms with Gasteiger partial charge in [-0.25, -0.2) is 9.37 Å². The lowest BCUT2D eigenvalue weighted by Gasteiger charge is -2.17. The van der Waals surface area contributed by atoms with E-state index < -0.39 is 5.82 Å². The molecule has 3 heterocycles. The van der Waals surface area contributed by atoms with Crippen molar-refractivity contribution in [3.05, 3.63) is 71.9 Å². The number of aromatic hydroxyl groups is 1. The number of phenolic OH excluding ortho intramolecular Hbond substituents is 1. The first-order valence-corrected chi connectivity index (χ1v) is 10.9. The Labute approximate surface area is 188 Å². The molecule has 1 aromatic carbocycles. The predicted molar refractivity (Wildman–Crippen MR) is 127 cm³/mol. The third-order valence-electron chi connectivity index (χ3n) is 4.99. The van der Waals surface area contributed by atoms with Gasteiger partial charge >= 0.3 is 0 Å². The lowest BCUT2D eigenvalue weighted by Crippen LogP contribution is -2.20. The summed E-state index contributed by atoms with van der Waals surface area (Å²) in [5.41, 5.74) is 4.12. The molecule has 0 aliphatic carbocycles. The van der Waals surface area contributed by atoms with Gasteiger partial charge in [0.15, 0.2) is 5.65 Å². The first-order valence-electron chi connectivity index (χ1n) is 10.9. The molecule has 0 aliphatic rings. The van der Waals surface area contributed by atoms with Gasteiger partial charge in [0.2, 0.25) is 0 Å². The molecular weight excluding hydrogens is 405 g/mol. The number of rotatable bonds is 6. The van der Waals surface area contributed by atoms with Crippen molar-refractivity contribution in [3.63, 3.8) is 0 Å². The van der Waals surface area contributed by atoms with Crippen LogP contribution in [-0.4, -0.2) is 30.7 Å². The summed E-state index contributed by atoms with van der Waals surface area (Å²) in [6.45, 7) is 10.3. The van der Waals surface area contributed by atoms with Crippen LogP contribution in [0.1, 0.15) is 51.7 Å². The molecule has 6 nitrogen and oxygen atoms in total. The first kappa shape index (κ1) is 23.2. The summed E-state index contributed by atoms with van der Waals surface area (Å²) in [4.78, 5) is 8.72. The van der Waals surface area contributed by atoms with E-state index in [-0.39, 0.29) is 17.7 Å². The van der Waals surface area contributed by atoms with E-state index >= 15 is 0 Å². The number of aromatic nitrogens is 4. The zero-order chi connectivity index (χ0) is 23.3. The summed E-state index contributed by atoms with van der Waals surface area (Å²) in [7, 11) is 0. The summed E-state index contributed by atoms with van der Waals surface area (Å²) in [6.07, 6.45) is 5.38. The molecule has 0 radical (unpaired) electrons. The van der Waals surface area contributed by atoms with Crippen molar-refractivity contribution in [2.75, 3.05) is 5.32 Å². The van der Waals surface area contributed by atoms with E-state index in [1.807, 2.05) is 38.2 Å². The molecule has 2 N–H and O–H groups in total. The molecule has 0 saturated heterocycles. The predicted octanol–water partition coefficient (Wildman–Crippen LogP) is 5.83. The van der Waals surface area contributed by atoms with E-state index in [9.17, 15) is 9.50 Å². The van der Waals surface area contributed by atoms with Gasteiger partial charge in [0.05, 0.1) is 18.1 Å². The van der Waals surface area contributed by atoms with Crippen LogP contribution in [0, 0.1) is 5.82 Å². The number of benzene rings is 1. The molecular formula is C25H30FN5O. The van der Waals surface area contributed by atoms with Crippen LogP contribution >= 0.6 is 0 Å². The molecule has 0 fully saturated rings. The molecule has 1 atom stereocenters. The molecule has 32 heavy (non-hydrogen) atoms. The zero-order valence-electron chi connectivity index (χ0n) is 19.2. The molecule has 0 amide bonds. The summed E-state index contributed by atoms with van der Waals surface area (Å²) in [5, 5.41) is 17.5. The minimum absolute atomic E-state index is 0.0883. The highest BCUT2D eigenvalue weighted by atomic mass is 19.1. The number of pyridine rings is 1. The van der Waals surface area contributed by atoms with Crippen LogP contribution in [0.5, 0.6) is 5.75 Å². The minimum atomic E-state index is -0.401. The average molecular weight is 436 g/mol. The molecule has 0 aliphatic heterocycles.